The van der Waals surface area contributed by atoms with Crippen LogP contribution >= 0.6 is 0 Å². The minimum atomic E-state index is -0.628. The van der Waals surface area contributed by atoms with Crippen LogP contribution in [0.2, 0.25) is 0 Å². The smallest absolute Gasteiger partial charge is 0.131 e. The van der Waals surface area contributed by atoms with E-state index in [1.54, 1.807) is 14.2 Å². The van der Waals surface area contributed by atoms with E-state index in [0.717, 1.165) is 22.2 Å². The highest BCUT2D eigenvalue weighted by atomic mass is 16.5. The molecule has 2 rings (SSSR count). The average Bonchev–Trinajstić information content (AvgIpc) is 2.84. The number of hydrogen-bond donors (Lipinski definition) is 2. The molecule has 104 valence electrons. The van der Waals surface area contributed by atoms with Crippen molar-refractivity contribution < 1.29 is 14.6 Å². The van der Waals surface area contributed by atoms with Crippen LogP contribution < -0.4 is 9.47 Å². The van der Waals surface area contributed by atoms with Gasteiger partial charge < -0.3 is 24.5 Å². The fraction of sp³-hybridized carbons (Fsp3) is 0.429. The maximum Gasteiger partial charge on any atom is 0.131 e. The summed E-state index contributed by atoms with van der Waals surface area (Å²) < 4.78 is 10.7. The van der Waals surface area contributed by atoms with Crippen molar-refractivity contribution in [3.8, 4) is 11.5 Å². The van der Waals surface area contributed by atoms with Gasteiger partial charge in [0.1, 0.15) is 11.5 Å². The van der Waals surface area contributed by atoms with Crippen LogP contribution in [0.1, 0.15) is 11.7 Å². The standard InChI is InChI=1S/C14H20N2O3/c1-16(2)8-10(17)13-12(19-4)7-11(18-3)9-5-6-15-14(9)13/h5-7,10,15,17H,8H2,1-4H3. The van der Waals surface area contributed by atoms with Crippen LogP contribution in [-0.2, 0) is 0 Å². The minimum Gasteiger partial charge on any atom is -0.496 e. The maximum atomic E-state index is 10.4. The van der Waals surface area contributed by atoms with Gasteiger partial charge in [0, 0.05) is 29.8 Å². The molecule has 0 fully saturated rings. The normalized spacial score (nSPS) is 12.9. The third-order valence-corrected chi connectivity index (χ3v) is 3.12. The Kier molecular flexibility index (Phi) is 3.97. The molecule has 2 N–H and O–H groups in total. The summed E-state index contributed by atoms with van der Waals surface area (Å²) in [6.45, 7) is 0.525. The number of aromatic nitrogens is 1. The molecule has 2 aromatic rings. The Morgan fingerprint density at radius 2 is 1.95 bits per heavy atom. The molecule has 1 unspecified atom stereocenters. The van der Waals surface area contributed by atoms with Gasteiger partial charge in [-0.05, 0) is 20.2 Å². The number of methoxy groups -OCH3 is 2. The van der Waals surface area contributed by atoms with Gasteiger partial charge in [0.2, 0.25) is 0 Å². The predicted octanol–water partition coefficient (Wildman–Crippen LogP) is 1.78. The fourth-order valence-corrected chi connectivity index (χ4v) is 2.30. The van der Waals surface area contributed by atoms with Crippen LogP contribution in [0.25, 0.3) is 10.9 Å². The molecule has 0 amide bonds. The lowest BCUT2D eigenvalue weighted by molar-refractivity contribution is 0.136. The first-order valence-electron chi connectivity index (χ1n) is 6.13. The number of aliphatic hydroxyl groups excluding tert-OH is 1. The van der Waals surface area contributed by atoms with Crippen molar-refractivity contribution in [1.82, 2.24) is 9.88 Å². The first-order chi connectivity index (χ1) is 9.08. The van der Waals surface area contributed by atoms with Crippen LogP contribution in [0, 0.1) is 0 Å². The number of aromatic amines is 1. The number of benzene rings is 1. The topological polar surface area (TPSA) is 57.7 Å². The summed E-state index contributed by atoms with van der Waals surface area (Å²) in [7, 11) is 7.06. The van der Waals surface area contributed by atoms with Gasteiger partial charge in [-0.1, -0.05) is 0 Å². The highest BCUT2D eigenvalue weighted by Crippen LogP contribution is 2.38. The third-order valence-electron chi connectivity index (χ3n) is 3.12. The monoisotopic (exact) mass is 264 g/mol. The molecular formula is C14H20N2O3. The minimum absolute atomic E-state index is 0.525. The van der Waals surface area contributed by atoms with Gasteiger partial charge >= 0.3 is 0 Å². The Bertz CT molecular complexity index is 563. The second-order valence-electron chi connectivity index (χ2n) is 4.74. The first-order valence-corrected chi connectivity index (χ1v) is 6.13. The van der Waals surface area contributed by atoms with Crippen molar-refractivity contribution in [2.45, 2.75) is 6.10 Å². The van der Waals surface area contributed by atoms with E-state index in [2.05, 4.69) is 4.98 Å². The van der Waals surface area contributed by atoms with E-state index >= 15 is 0 Å². The van der Waals surface area contributed by atoms with Crippen molar-refractivity contribution in [3.63, 3.8) is 0 Å². The van der Waals surface area contributed by atoms with Crippen molar-refractivity contribution in [2.75, 3.05) is 34.9 Å². The predicted molar refractivity (Wildman–Crippen MR) is 74.9 cm³/mol. The van der Waals surface area contributed by atoms with Crippen molar-refractivity contribution >= 4 is 10.9 Å². The van der Waals surface area contributed by atoms with Gasteiger partial charge in [-0.15, -0.1) is 0 Å². The molecule has 0 saturated carbocycles. The summed E-state index contributed by atoms with van der Waals surface area (Å²) >= 11 is 0. The van der Waals surface area contributed by atoms with E-state index < -0.39 is 6.10 Å². The lowest BCUT2D eigenvalue weighted by Crippen LogP contribution is -2.20. The molecule has 19 heavy (non-hydrogen) atoms. The summed E-state index contributed by atoms with van der Waals surface area (Å²) in [6.07, 6.45) is 1.20. The number of hydrogen-bond acceptors (Lipinski definition) is 4. The van der Waals surface area contributed by atoms with E-state index in [9.17, 15) is 5.11 Å². The van der Waals surface area contributed by atoms with Crippen molar-refractivity contribution in [1.29, 1.82) is 0 Å². The van der Waals surface area contributed by atoms with Gasteiger partial charge in [-0.3, -0.25) is 0 Å². The lowest BCUT2D eigenvalue weighted by Gasteiger charge is -2.20. The maximum absolute atomic E-state index is 10.4. The van der Waals surface area contributed by atoms with Gasteiger partial charge in [0.25, 0.3) is 0 Å². The number of likely N-dealkylation sites (N-methyl/N-ethyl adjacent to an activating group) is 1. The zero-order valence-corrected chi connectivity index (χ0v) is 11.7. The summed E-state index contributed by atoms with van der Waals surface area (Å²) in [5, 5.41) is 11.3. The molecule has 0 saturated heterocycles. The molecule has 0 aliphatic heterocycles. The summed E-state index contributed by atoms with van der Waals surface area (Å²) in [5.74, 6) is 1.36. The summed E-state index contributed by atoms with van der Waals surface area (Å²) in [5.41, 5.74) is 1.61. The van der Waals surface area contributed by atoms with Crippen molar-refractivity contribution in [3.05, 3.63) is 23.9 Å². The second kappa shape index (κ2) is 5.50. The quantitative estimate of drug-likeness (QED) is 0.864. The molecule has 1 aromatic carbocycles. The van der Waals surface area contributed by atoms with Crippen LogP contribution in [0.3, 0.4) is 0 Å². The number of H-pyrrole nitrogens is 1. The van der Waals surface area contributed by atoms with Gasteiger partial charge in [0.15, 0.2) is 0 Å². The van der Waals surface area contributed by atoms with Crippen molar-refractivity contribution in [2.24, 2.45) is 0 Å². The Hall–Kier alpha value is -1.72. The molecule has 0 spiro atoms. The largest absolute Gasteiger partial charge is 0.496 e. The van der Waals surface area contributed by atoms with Crippen LogP contribution in [0.15, 0.2) is 18.3 Å². The van der Waals surface area contributed by atoms with E-state index in [0.29, 0.717) is 12.3 Å². The van der Waals surface area contributed by atoms with E-state index in [-0.39, 0.29) is 0 Å². The van der Waals surface area contributed by atoms with Gasteiger partial charge in [-0.25, -0.2) is 0 Å². The summed E-state index contributed by atoms with van der Waals surface area (Å²) in [4.78, 5) is 5.09. The SMILES string of the molecule is COc1cc(OC)c2cc[nH]c2c1C(O)CN(C)C. The summed E-state index contributed by atoms with van der Waals surface area (Å²) in [6, 6.07) is 3.74. The number of nitrogens with one attached hydrogen (secondary N) is 1. The Morgan fingerprint density at radius 1 is 1.26 bits per heavy atom. The number of ether oxygens (including phenoxy) is 2. The molecular weight excluding hydrogens is 244 g/mol. The zero-order valence-electron chi connectivity index (χ0n) is 11.7. The molecule has 0 radical (unpaired) electrons. The molecule has 5 nitrogen and oxygen atoms in total. The highest BCUT2D eigenvalue weighted by Gasteiger charge is 2.21. The first kappa shape index (κ1) is 13.7. The Labute approximate surface area is 112 Å². The second-order valence-corrected chi connectivity index (χ2v) is 4.74. The van der Waals surface area contributed by atoms with E-state index in [1.807, 2.05) is 37.3 Å². The lowest BCUT2D eigenvalue weighted by atomic mass is 10.0. The highest BCUT2D eigenvalue weighted by molar-refractivity contribution is 5.91. The zero-order chi connectivity index (χ0) is 14.0. The molecule has 0 bridgehead atoms. The Morgan fingerprint density at radius 3 is 2.53 bits per heavy atom. The Balaban J connectivity index is 2.60. The van der Waals surface area contributed by atoms with E-state index in [4.69, 9.17) is 9.47 Å². The van der Waals surface area contributed by atoms with Gasteiger partial charge in [0.05, 0.1) is 25.8 Å². The number of nitrogens with zero attached hydrogens (tertiary/aromatic N) is 1. The number of rotatable bonds is 5. The molecule has 0 aliphatic rings. The molecule has 0 aliphatic carbocycles. The van der Waals surface area contributed by atoms with E-state index in [1.165, 1.54) is 0 Å². The molecule has 1 aromatic heterocycles. The van der Waals surface area contributed by atoms with Gasteiger partial charge in [-0.2, -0.15) is 0 Å². The average molecular weight is 264 g/mol. The number of fused-ring (bicyclic) bond motifs is 1. The molecule has 1 heterocycles. The third kappa shape index (κ3) is 2.52. The van der Waals surface area contributed by atoms with Crippen LogP contribution in [0.4, 0.5) is 0 Å². The molecule has 1 atom stereocenters. The fourth-order valence-electron chi connectivity index (χ4n) is 2.30. The molecule has 5 heteroatoms. The van der Waals surface area contributed by atoms with Crippen LogP contribution in [-0.4, -0.2) is 49.9 Å². The van der Waals surface area contributed by atoms with Crippen LogP contribution in [0.5, 0.6) is 11.5 Å². The number of aliphatic hydroxyl groups is 1.